The van der Waals surface area contributed by atoms with Gasteiger partial charge in [0.15, 0.2) is 0 Å². The molecule has 1 aromatic heterocycles. The third-order valence-electron chi connectivity index (χ3n) is 4.54. The average Bonchev–Trinajstić information content (AvgIpc) is 3.26. The van der Waals surface area contributed by atoms with Crippen LogP contribution in [0, 0.1) is 5.92 Å². The maximum atomic E-state index is 12.4. The molecule has 1 atom stereocenters. The van der Waals surface area contributed by atoms with Gasteiger partial charge in [0.2, 0.25) is 5.76 Å². The number of carbonyl (C=O) groups excluding carboxylic acids is 2. The molecule has 0 unspecified atom stereocenters. The number of esters is 1. The van der Waals surface area contributed by atoms with E-state index in [0.29, 0.717) is 12.3 Å². The van der Waals surface area contributed by atoms with Crippen LogP contribution < -0.4 is 10.1 Å². The molecule has 0 aliphatic heterocycles. The van der Waals surface area contributed by atoms with Crippen LogP contribution >= 0.6 is 0 Å². The number of amides is 1. The lowest BCUT2D eigenvalue weighted by atomic mass is 10.0. The summed E-state index contributed by atoms with van der Waals surface area (Å²) in [7, 11) is 1.28. The molecule has 0 bridgehead atoms. The SMILES string of the molecule is COC(=O)[C@@H](NC(=O)c1cc(-c2ccc(OCc3ccccc3)cc2)no1)C(C)C. The summed E-state index contributed by atoms with van der Waals surface area (Å²) in [6.07, 6.45) is 0. The van der Waals surface area contributed by atoms with Crippen molar-refractivity contribution in [3.05, 3.63) is 72.0 Å². The van der Waals surface area contributed by atoms with Gasteiger partial charge < -0.3 is 19.3 Å². The van der Waals surface area contributed by atoms with Gasteiger partial charge >= 0.3 is 5.97 Å². The number of ether oxygens (including phenoxy) is 2. The first-order valence-corrected chi connectivity index (χ1v) is 9.60. The van der Waals surface area contributed by atoms with E-state index in [1.54, 1.807) is 0 Å². The van der Waals surface area contributed by atoms with Gasteiger partial charge in [-0.05, 0) is 35.7 Å². The highest BCUT2D eigenvalue weighted by Gasteiger charge is 2.27. The summed E-state index contributed by atoms with van der Waals surface area (Å²) >= 11 is 0. The zero-order valence-electron chi connectivity index (χ0n) is 17.1. The lowest BCUT2D eigenvalue weighted by molar-refractivity contribution is -0.144. The van der Waals surface area contributed by atoms with Gasteiger partial charge in [-0.1, -0.05) is 49.3 Å². The highest BCUT2D eigenvalue weighted by molar-refractivity contribution is 5.95. The predicted octanol–water partition coefficient (Wildman–Crippen LogP) is 3.85. The standard InChI is InChI=1S/C23H24N2O5/c1-15(2)21(23(27)28-3)24-22(26)20-13-19(25-30-20)17-9-11-18(12-10-17)29-14-16-7-5-4-6-8-16/h4-13,15,21H,14H2,1-3H3,(H,24,26)/t21-/m0/s1. The van der Waals surface area contributed by atoms with Crippen LogP contribution in [0.3, 0.4) is 0 Å². The number of nitrogens with one attached hydrogen (secondary N) is 1. The first kappa shape index (κ1) is 21.1. The quantitative estimate of drug-likeness (QED) is 0.570. The number of hydrogen-bond donors (Lipinski definition) is 1. The molecule has 0 fully saturated rings. The minimum Gasteiger partial charge on any atom is -0.489 e. The lowest BCUT2D eigenvalue weighted by Crippen LogP contribution is -2.44. The number of carbonyl (C=O) groups is 2. The number of rotatable bonds is 8. The molecule has 0 aliphatic carbocycles. The molecule has 1 N–H and O–H groups in total. The molecular weight excluding hydrogens is 384 g/mol. The molecule has 0 spiro atoms. The van der Waals surface area contributed by atoms with Gasteiger partial charge in [0.05, 0.1) is 7.11 Å². The van der Waals surface area contributed by atoms with E-state index < -0.39 is 17.9 Å². The number of aromatic nitrogens is 1. The fourth-order valence-electron chi connectivity index (χ4n) is 2.82. The maximum absolute atomic E-state index is 12.4. The fraction of sp³-hybridized carbons (Fsp3) is 0.261. The van der Waals surface area contributed by atoms with Crippen LogP contribution in [0.5, 0.6) is 5.75 Å². The molecule has 0 radical (unpaired) electrons. The molecule has 0 aliphatic rings. The number of nitrogens with zero attached hydrogens (tertiary/aromatic N) is 1. The second-order valence-electron chi connectivity index (χ2n) is 7.09. The average molecular weight is 408 g/mol. The molecule has 3 aromatic rings. The highest BCUT2D eigenvalue weighted by Crippen LogP contribution is 2.23. The summed E-state index contributed by atoms with van der Waals surface area (Å²) in [5.74, 6) is -0.428. The van der Waals surface area contributed by atoms with E-state index in [9.17, 15) is 9.59 Å². The first-order chi connectivity index (χ1) is 14.5. The van der Waals surface area contributed by atoms with Crippen LogP contribution in [-0.4, -0.2) is 30.2 Å². The van der Waals surface area contributed by atoms with Crippen LogP contribution in [0.2, 0.25) is 0 Å². The molecule has 3 rings (SSSR count). The molecule has 7 heteroatoms. The van der Waals surface area contributed by atoms with Crippen LogP contribution in [0.1, 0.15) is 30.0 Å². The van der Waals surface area contributed by atoms with Crippen LogP contribution in [-0.2, 0) is 16.1 Å². The number of methoxy groups -OCH3 is 1. The van der Waals surface area contributed by atoms with Gasteiger partial charge in [0.25, 0.3) is 5.91 Å². The monoisotopic (exact) mass is 408 g/mol. The fourth-order valence-corrected chi connectivity index (χ4v) is 2.82. The summed E-state index contributed by atoms with van der Waals surface area (Å²) < 4.78 is 15.7. The van der Waals surface area contributed by atoms with Crippen molar-refractivity contribution < 1.29 is 23.6 Å². The lowest BCUT2D eigenvalue weighted by Gasteiger charge is -2.18. The predicted molar refractivity (Wildman–Crippen MR) is 111 cm³/mol. The Kier molecular flexibility index (Phi) is 6.85. The van der Waals surface area contributed by atoms with Crippen molar-refractivity contribution in [1.29, 1.82) is 0 Å². The molecule has 0 saturated heterocycles. The Balaban J connectivity index is 1.63. The van der Waals surface area contributed by atoms with Crippen molar-refractivity contribution in [3.63, 3.8) is 0 Å². The van der Waals surface area contributed by atoms with Gasteiger partial charge in [-0.25, -0.2) is 4.79 Å². The molecule has 1 heterocycles. The van der Waals surface area contributed by atoms with Gasteiger partial charge in [0.1, 0.15) is 24.1 Å². The van der Waals surface area contributed by atoms with Crippen molar-refractivity contribution in [1.82, 2.24) is 10.5 Å². The Morgan fingerprint density at radius 1 is 1.07 bits per heavy atom. The third-order valence-corrected chi connectivity index (χ3v) is 4.54. The summed E-state index contributed by atoms with van der Waals surface area (Å²) in [5, 5.41) is 6.58. The van der Waals surface area contributed by atoms with E-state index in [1.807, 2.05) is 68.4 Å². The van der Waals surface area contributed by atoms with Gasteiger partial charge in [-0.2, -0.15) is 0 Å². The van der Waals surface area contributed by atoms with E-state index in [0.717, 1.165) is 16.9 Å². The Morgan fingerprint density at radius 2 is 1.77 bits per heavy atom. The second kappa shape index (κ2) is 9.73. The number of benzene rings is 2. The minimum atomic E-state index is -0.767. The van der Waals surface area contributed by atoms with E-state index in [1.165, 1.54) is 13.2 Å². The van der Waals surface area contributed by atoms with E-state index in [4.69, 9.17) is 14.0 Å². The third kappa shape index (κ3) is 5.26. The molecule has 2 aromatic carbocycles. The Bertz CT molecular complexity index is 980. The van der Waals surface area contributed by atoms with E-state index >= 15 is 0 Å². The smallest absolute Gasteiger partial charge is 0.328 e. The summed E-state index contributed by atoms with van der Waals surface area (Å²) in [4.78, 5) is 24.3. The minimum absolute atomic E-state index is 0.0176. The van der Waals surface area contributed by atoms with Crippen molar-refractivity contribution in [2.45, 2.75) is 26.5 Å². The molecule has 156 valence electrons. The molecule has 1 amide bonds. The molecule has 7 nitrogen and oxygen atoms in total. The van der Waals surface area contributed by atoms with Crippen LogP contribution in [0.25, 0.3) is 11.3 Å². The first-order valence-electron chi connectivity index (χ1n) is 9.60. The van der Waals surface area contributed by atoms with Gasteiger partial charge in [-0.15, -0.1) is 0 Å². The summed E-state index contributed by atoms with van der Waals surface area (Å²) in [5.41, 5.74) is 2.37. The Labute approximate surface area is 175 Å². The molecule has 30 heavy (non-hydrogen) atoms. The maximum Gasteiger partial charge on any atom is 0.328 e. The van der Waals surface area contributed by atoms with Crippen molar-refractivity contribution >= 4 is 11.9 Å². The van der Waals surface area contributed by atoms with E-state index in [-0.39, 0.29) is 11.7 Å². The van der Waals surface area contributed by atoms with Crippen molar-refractivity contribution in [3.8, 4) is 17.0 Å². The van der Waals surface area contributed by atoms with Crippen LogP contribution in [0.4, 0.5) is 0 Å². The van der Waals surface area contributed by atoms with Gasteiger partial charge in [0, 0.05) is 11.6 Å². The topological polar surface area (TPSA) is 90.7 Å². The van der Waals surface area contributed by atoms with Gasteiger partial charge in [-0.3, -0.25) is 4.79 Å². The van der Waals surface area contributed by atoms with E-state index in [2.05, 4.69) is 10.5 Å². The second-order valence-corrected chi connectivity index (χ2v) is 7.09. The largest absolute Gasteiger partial charge is 0.489 e. The Hall–Kier alpha value is -3.61. The summed E-state index contributed by atoms with van der Waals surface area (Å²) in [6, 6.07) is 18.0. The van der Waals surface area contributed by atoms with Crippen molar-refractivity contribution in [2.24, 2.45) is 5.92 Å². The van der Waals surface area contributed by atoms with Crippen molar-refractivity contribution in [2.75, 3.05) is 7.11 Å². The highest BCUT2D eigenvalue weighted by atomic mass is 16.5. The molecule has 0 saturated carbocycles. The zero-order chi connectivity index (χ0) is 21.5. The Morgan fingerprint density at radius 3 is 2.40 bits per heavy atom. The van der Waals surface area contributed by atoms with Crippen LogP contribution in [0.15, 0.2) is 65.2 Å². The normalized spacial score (nSPS) is 11.7. The summed E-state index contributed by atoms with van der Waals surface area (Å²) in [6.45, 7) is 4.11. The zero-order valence-corrected chi connectivity index (χ0v) is 17.1. The molecular formula is C23H24N2O5. The number of hydrogen-bond acceptors (Lipinski definition) is 6.